The second kappa shape index (κ2) is 5.32. The molecule has 0 spiro atoms. The highest BCUT2D eigenvalue weighted by molar-refractivity contribution is 9.10. The smallest absolute Gasteiger partial charge is 0.337 e. The molecule has 0 fully saturated rings. The van der Waals surface area contributed by atoms with E-state index < -0.39 is 16.5 Å². The van der Waals surface area contributed by atoms with Crippen LogP contribution in [0.4, 0.5) is 11.4 Å². The number of benzene rings is 1. The number of aliphatic hydroxyl groups is 1. The molecule has 0 bridgehead atoms. The normalized spacial score (nSPS) is 13.7. The van der Waals surface area contributed by atoms with E-state index in [1.54, 1.807) is 0 Å². The molecule has 0 aliphatic carbocycles. The predicted molar refractivity (Wildman–Crippen MR) is 67.5 cm³/mol. The predicted octanol–water partition coefficient (Wildman–Crippen LogP) is 1.60. The minimum Gasteiger partial charge on any atom is -0.479 e. The maximum atomic E-state index is 10.8. The number of nitro benzene ring substituents is 1. The maximum Gasteiger partial charge on any atom is 0.337 e. The average Bonchev–Trinajstić information content (AvgIpc) is 2.26. The van der Waals surface area contributed by atoms with Crippen molar-refractivity contribution >= 4 is 33.3 Å². The summed E-state index contributed by atoms with van der Waals surface area (Å²) in [5, 5.41) is 31.5. The summed E-state index contributed by atoms with van der Waals surface area (Å²) in [6.45, 7) is 0.756. The van der Waals surface area contributed by atoms with E-state index in [-0.39, 0.29) is 17.9 Å². The number of hydrogen-bond acceptors (Lipinski definition) is 5. The Hall–Kier alpha value is -1.67. The molecule has 1 aromatic rings. The van der Waals surface area contributed by atoms with Gasteiger partial charge in [-0.2, -0.15) is 0 Å². The van der Waals surface area contributed by atoms with Crippen LogP contribution in [0.5, 0.6) is 0 Å². The summed E-state index contributed by atoms with van der Waals surface area (Å²) in [5.41, 5.74) is -2.06. The van der Waals surface area contributed by atoms with Crippen LogP contribution in [-0.4, -0.2) is 33.3 Å². The highest BCUT2D eigenvalue weighted by Crippen LogP contribution is 2.28. The van der Waals surface area contributed by atoms with Gasteiger partial charge in [-0.1, -0.05) is 15.9 Å². The Kier molecular flexibility index (Phi) is 4.25. The van der Waals surface area contributed by atoms with Gasteiger partial charge >= 0.3 is 5.97 Å². The highest BCUT2D eigenvalue weighted by Gasteiger charge is 2.30. The zero-order valence-corrected chi connectivity index (χ0v) is 11.0. The summed E-state index contributed by atoms with van der Waals surface area (Å²) < 4.78 is 0.602. The standard InChI is InChI=1S/C10H11BrN2O5/c1-10(16,9(14)15)5-12-7-4-6(11)2-3-8(7)13(17)18/h2-4,12,16H,5H2,1H3,(H,14,15). The van der Waals surface area contributed by atoms with Crippen LogP contribution in [0.1, 0.15) is 6.92 Å². The van der Waals surface area contributed by atoms with Crippen LogP contribution in [0, 0.1) is 10.1 Å². The van der Waals surface area contributed by atoms with Gasteiger partial charge in [-0.3, -0.25) is 10.1 Å². The first-order valence-electron chi connectivity index (χ1n) is 4.87. The third kappa shape index (κ3) is 3.41. The van der Waals surface area contributed by atoms with E-state index in [2.05, 4.69) is 21.2 Å². The average molecular weight is 319 g/mol. The van der Waals surface area contributed by atoms with E-state index in [0.717, 1.165) is 6.92 Å². The Morgan fingerprint density at radius 3 is 2.72 bits per heavy atom. The lowest BCUT2D eigenvalue weighted by molar-refractivity contribution is -0.384. The molecular formula is C10H11BrN2O5. The van der Waals surface area contributed by atoms with Gasteiger partial charge in [0.2, 0.25) is 0 Å². The molecule has 8 heteroatoms. The number of halogens is 1. The molecule has 0 heterocycles. The maximum absolute atomic E-state index is 10.8. The molecule has 0 aliphatic heterocycles. The molecule has 0 amide bonds. The largest absolute Gasteiger partial charge is 0.479 e. The van der Waals surface area contributed by atoms with Crippen molar-refractivity contribution < 1.29 is 19.9 Å². The van der Waals surface area contributed by atoms with Crippen LogP contribution in [-0.2, 0) is 4.79 Å². The zero-order chi connectivity index (χ0) is 13.9. The van der Waals surface area contributed by atoms with Crippen molar-refractivity contribution in [2.75, 3.05) is 11.9 Å². The molecule has 0 aliphatic rings. The summed E-state index contributed by atoms with van der Waals surface area (Å²) in [4.78, 5) is 20.9. The van der Waals surface area contributed by atoms with Gasteiger partial charge in [0, 0.05) is 10.5 Å². The Labute approximate surface area is 111 Å². The molecule has 1 rings (SSSR count). The van der Waals surface area contributed by atoms with Crippen LogP contribution in [0.15, 0.2) is 22.7 Å². The summed E-state index contributed by atoms with van der Waals surface area (Å²) in [5.74, 6) is -1.41. The number of carboxylic acids is 1. The van der Waals surface area contributed by atoms with Crippen molar-refractivity contribution in [2.24, 2.45) is 0 Å². The van der Waals surface area contributed by atoms with Gasteiger partial charge in [0.05, 0.1) is 11.5 Å². The topological polar surface area (TPSA) is 113 Å². The Morgan fingerprint density at radius 1 is 1.61 bits per heavy atom. The van der Waals surface area contributed by atoms with Gasteiger partial charge in [0.25, 0.3) is 5.69 Å². The van der Waals surface area contributed by atoms with Crippen molar-refractivity contribution in [1.29, 1.82) is 0 Å². The second-order valence-corrected chi connectivity index (χ2v) is 4.77. The van der Waals surface area contributed by atoms with Crippen molar-refractivity contribution in [3.05, 3.63) is 32.8 Å². The Morgan fingerprint density at radius 2 is 2.22 bits per heavy atom. The van der Waals surface area contributed by atoms with Crippen molar-refractivity contribution in [1.82, 2.24) is 0 Å². The first-order chi connectivity index (χ1) is 8.24. The van der Waals surface area contributed by atoms with E-state index in [0.29, 0.717) is 4.47 Å². The number of carbonyl (C=O) groups is 1. The van der Waals surface area contributed by atoms with Gasteiger partial charge in [0.1, 0.15) is 5.69 Å². The molecule has 1 atom stereocenters. The Balaban J connectivity index is 2.94. The first kappa shape index (κ1) is 14.4. The van der Waals surface area contributed by atoms with Gasteiger partial charge in [-0.15, -0.1) is 0 Å². The molecule has 18 heavy (non-hydrogen) atoms. The fourth-order valence-corrected chi connectivity index (χ4v) is 1.51. The number of nitrogens with zero attached hydrogens (tertiary/aromatic N) is 1. The molecule has 1 aromatic carbocycles. The van der Waals surface area contributed by atoms with Crippen LogP contribution in [0.25, 0.3) is 0 Å². The number of aliphatic carboxylic acids is 1. The third-order valence-electron chi connectivity index (χ3n) is 2.24. The molecule has 98 valence electrons. The van der Waals surface area contributed by atoms with E-state index in [1.165, 1.54) is 18.2 Å². The lowest BCUT2D eigenvalue weighted by Crippen LogP contribution is -2.41. The number of anilines is 1. The molecule has 0 aromatic heterocycles. The molecule has 1 unspecified atom stereocenters. The third-order valence-corrected chi connectivity index (χ3v) is 2.73. The first-order valence-corrected chi connectivity index (χ1v) is 5.67. The second-order valence-electron chi connectivity index (χ2n) is 3.85. The molecule has 3 N–H and O–H groups in total. The summed E-state index contributed by atoms with van der Waals surface area (Å²) >= 11 is 3.15. The van der Waals surface area contributed by atoms with Gasteiger partial charge in [-0.05, 0) is 19.1 Å². The van der Waals surface area contributed by atoms with Gasteiger partial charge in [0.15, 0.2) is 5.60 Å². The van der Waals surface area contributed by atoms with E-state index >= 15 is 0 Å². The van der Waals surface area contributed by atoms with E-state index in [1.807, 2.05) is 0 Å². The number of nitro groups is 1. The van der Waals surface area contributed by atoms with Crippen molar-refractivity contribution in [3.8, 4) is 0 Å². The molecule has 7 nitrogen and oxygen atoms in total. The summed E-state index contributed by atoms with van der Waals surface area (Å²) in [6.07, 6.45) is 0. The quantitative estimate of drug-likeness (QED) is 0.561. The molecule has 0 saturated heterocycles. The number of nitrogens with one attached hydrogen (secondary N) is 1. The lowest BCUT2D eigenvalue weighted by atomic mass is 10.1. The molecule has 0 radical (unpaired) electrons. The Bertz CT molecular complexity index is 489. The minimum absolute atomic E-state index is 0.135. The molecular weight excluding hydrogens is 308 g/mol. The van der Waals surface area contributed by atoms with E-state index in [9.17, 15) is 20.0 Å². The van der Waals surface area contributed by atoms with Crippen LogP contribution >= 0.6 is 15.9 Å². The summed E-state index contributed by atoms with van der Waals surface area (Å²) in [6, 6.07) is 4.22. The van der Waals surface area contributed by atoms with E-state index in [4.69, 9.17) is 5.11 Å². The highest BCUT2D eigenvalue weighted by atomic mass is 79.9. The molecule has 0 saturated carbocycles. The zero-order valence-electron chi connectivity index (χ0n) is 9.38. The monoisotopic (exact) mass is 318 g/mol. The van der Waals surface area contributed by atoms with Crippen LogP contribution in [0.3, 0.4) is 0 Å². The van der Waals surface area contributed by atoms with Crippen LogP contribution in [0.2, 0.25) is 0 Å². The number of rotatable bonds is 5. The number of hydrogen-bond donors (Lipinski definition) is 3. The van der Waals surface area contributed by atoms with Crippen molar-refractivity contribution in [2.45, 2.75) is 12.5 Å². The van der Waals surface area contributed by atoms with Crippen molar-refractivity contribution in [3.63, 3.8) is 0 Å². The van der Waals surface area contributed by atoms with Gasteiger partial charge in [-0.25, -0.2) is 4.79 Å². The fourth-order valence-electron chi connectivity index (χ4n) is 1.15. The number of carboxylic acid groups (broad SMARTS) is 1. The minimum atomic E-state index is -2.00. The SMILES string of the molecule is CC(O)(CNc1cc(Br)ccc1[N+](=O)[O-])C(=O)O. The van der Waals surface area contributed by atoms with Gasteiger partial charge < -0.3 is 15.5 Å². The fraction of sp³-hybridized carbons (Fsp3) is 0.300. The lowest BCUT2D eigenvalue weighted by Gasteiger charge is -2.19. The summed E-state index contributed by atoms with van der Waals surface area (Å²) in [7, 11) is 0. The van der Waals surface area contributed by atoms with Crippen LogP contribution < -0.4 is 5.32 Å².